The number of nitrogens with one attached hydrogen (secondary N) is 1. The van der Waals surface area contributed by atoms with E-state index in [1.165, 1.54) is 34.5 Å². The molecule has 0 spiro atoms. The second-order valence-electron chi connectivity index (χ2n) is 4.90. The molecule has 0 aliphatic carbocycles. The normalized spacial score (nSPS) is 18.5. The minimum atomic E-state index is 0.739. The molecule has 1 nitrogen and oxygen atoms in total. The molecular weight excluding hydrogens is 226 g/mol. The summed E-state index contributed by atoms with van der Waals surface area (Å²) >= 11 is 1.87. The van der Waals surface area contributed by atoms with Gasteiger partial charge in [0.25, 0.3) is 0 Å². The van der Waals surface area contributed by atoms with Crippen LogP contribution in [-0.4, -0.2) is 6.54 Å². The van der Waals surface area contributed by atoms with Crippen molar-refractivity contribution in [2.75, 3.05) is 11.9 Å². The number of hydrogen-bond donors (Lipinski definition) is 1. The molecule has 2 aromatic rings. The summed E-state index contributed by atoms with van der Waals surface area (Å²) in [6.45, 7) is 3.27. The smallest absolute Gasteiger partial charge is 0.0373 e. The van der Waals surface area contributed by atoms with E-state index in [-0.39, 0.29) is 0 Å². The van der Waals surface area contributed by atoms with Gasteiger partial charge in [-0.1, -0.05) is 23.8 Å². The molecule has 2 heteroatoms. The Hall–Kier alpha value is -1.28. The molecule has 88 valence electrons. The van der Waals surface area contributed by atoms with Crippen molar-refractivity contribution in [3.05, 3.63) is 51.7 Å². The molecule has 2 heterocycles. The number of hydrogen-bond acceptors (Lipinski definition) is 2. The summed E-state index contributed by atoms with van der Waals surface area (Å²) in [5, 5.41) is 5.73. The van der Waals surface area contributed by atoms with Gasteiger partial charge in [-0.3, -0.25) is 0 Å². The van der Waals surface area contributed by atoms with Crippen molar-refractivity contribution in [2.24, 2.45) is 5.92 Å². The highest BCUT2D eigenvalue weighted by atomic mass is 32.1. The fourth-order valence-electron chi connectivity index (χ4n) is 2.56. The molecule has 1 N–H and O–H groups in total. The van der Waals surface area contributed by atoms with E-state index in [9.17, 15) is 0 Å². The van der Waals surface area contributed by atoms with Crippen LogP contribution in [0.3, 0.4) is 0 Å². The van der Waals surface area contributed by atoms with Crippen molar-refractivity contribution in [3.63, 3.8) is 0 Å². The lowest BCUT2D eigenvalue weighted by molar-refractivity contribution is 0.539. The van der Waals surface area contributed by atoms with E-state index in [4.69, 9.17) is 0 Å². The van der Waals surface area contributed by atoms with Crippen LogP contribution in [0.1, 0.15) is 16.0 Å². The van der Waals surface area contributed by atoms with E-state index in [0.717, 1.165) is 12.5 Å². The summed E-state index contributed by atoms with van der Waals surface area (Å²) in [6, 6.07) is 11.1. The summed E-state index contributed by atoms with van der Waals surface area (Å²) in [7, 11) is 0. The molecule has 0 radical (unpaired) electrons. The number of fused-ring (bicyclic) bond motifs is 1. The SMILES string of the molecule is Cc1ccc2c(c1)CC(Cc1cccs1)CN2. The van der Waals surface area contributed by atoms with Crippen LogP contribution in [0.2, 0.25) is 0 Å². The highest BCUT2D eigenvalue weighted by Crippen LogP contribution is 2.28. The van der Waals surface area contributed by atoms with Crippen molar-refractivity contribution in [1.29, 1.82) is 0 Å². The van der Waals surface area contributed by atoms with Crippen LogP contribution in [-0.2, 0) is 12.8 Å². The van der Waals surface area contributed by atoms with Crippen molar-refractivity contribution in [1.82, 2.24) is 0 Å². The second kappa shape index (κ2) is 4.53. The van der Waals surface area contributed by atoms with E-state index >= 15 is 0 Å². The highest BCUT2D eigenvalue weighted by Gasteiger charge is 2.18. The van der Waals surface area contributed by atoms with Gasteiger partial charge in [-0.15, -0.1) is 11.3 Å². The molecule has 1 aromatic carbocycles. The predicted molar refractivity (Wildman–Crippen MR) is 74.9 cm³/mol. The van der Waals surface area contributed by atoms with Crippen molar-refractivity contribution < 1.29 is 0 Å². The summed E-state index contributed by atoms with van der Waals surface area (Å²) in [6.07, 6.45) is 2.42. The van der Waals surface area contributed by atoms with Gasteiger partial charge in [-0.25, -0.2) is 0 Å². The largest absolute Gasteiger partial charge is 0.385 e. The maximum atomic E-state index is 3.56. The Labute approximate surface area is 106 Å². The molecule has 1 aliphatic rings. The van der Waals surface area contributed by atoms with E-state index in [2.05, 4.69) is 48.0 Å². The third kappa shape index (κ3) is 2.37. The van der Waals surface area contributed by atoms with Gasteiger partial charge >= 0.3 is 0 Å². The van der Waals surface area contributed by atoms with Gasteiger partial charge in [-0.2, -0.15) is 0 Å². The third-order valence-corrected chi connectivity index (χ3v) is 4.32. The molecule has 1 aromatic heterocycles. The Morgan fingerprint density at radius 1 is 1.35 bits per heavy atom. The Morgan fingerprint density at radius 2 is 2.29 bits per heavy atom. The molecule has 0 amide bonds. The van der Waals surface area contributed by atoms with E-state index in [0.29, 0.717) is 0 Å². The van der Waals surface area contributed by atoms with Crippen LogP contribution < -0.4 is 5.32 Å². The Morgan fingerprint density at radius 3 is 3.12 bits per heavy atom. The van der Waals surface area contributed by atoms with E-state index in [1.54, 1.807) is 0 Å². The van der Waals surface area contributed by atoms with Crippen LogP contribution in [0, 0.1) is 12.8 Å². The first kappa shape index (κ1) is 10.8. The molecule has 0 fully saturated rings. The highest BCUT2D eigenvalue weighted by molar-refractivity contribution is 7.09. The summed E-state index contributed by atoms with van der Waals surface area (Å²) in [4.78, 5) is 1.51. The van der Waals surface area contributed by atoms with E-state index in [1.807, 2.05) is 11.3 Å². The summed E-state index contributed by atoms with van der Waals surface area (Å²) in [5.41, 5.74) is 4.18. The number of rotatable bonds is 2. The van der Waals surface area contributed by atoms with Crippen molar-refractivity contribution >= 4 is 17.0 Å². The molecule has 0 saturated heterocycles. The molecule has 3 rings (SSSR count). The van der Waals surface area contributed by atoms with Crippen LogP contribution >= 0.6 is 11.3 Å². The molecule has 1 atom stereocenters. The van der Waals surface area contributed by atoms with Crippen molar-refractivity contribution in [3.8, 4) is 0 Å². The lowest BCUT2D eigenvalue weighted by atomic mass is 9.90. The molecule has 0 saturated carbocycles. The van der Waals surface area contributed by atoms with Gasteiger partial charge in [-0.05, 0) is 48.8 Å². The Bertz CT molecular complexity index is 502. The first-order chi connectivity index (χ1) is 8.31. The molecular formula is C15H17NS. The Balaban J connectivity index is 1.76. The van der Waals surface area contributed by atoms with Gasteiger partial charge in [0.05, 0.1) is 0 Å². The van der Waals surface area contributed by atoms with Crippen LogP contribution in [0.15, 0.2) is 35.7 Å². The number of thiophene rings is 1. The molecule has 1 unspecified atom stereocenters. The minimum Gasteiger partial charge on any atom is -0.385 e. The molecule has 0 bridgehead atoms. The lowest BCUT2D eigenvalue weighted by Gasteiger charge is -2.26. The first-order valence-electron chi connectivity index (χ1n) is 6.17. The number of anilines is 1. The monoisotopic (exact) mass is 243 g/mol. The quantitative estimate of drug-likeness (QED) is 0.844. The zero-order chi connectivity index (χ0) is 11.7. The third-order valence-electron chi connectivity index (χ3n) is 3.42. The average Bonchev–Trinajstić information content (AvgIpc) is 2.81. The van der Waals surface area contributed by atoms with Gasteiger partial charge in [0, 0.05) is 17.1 Å². The maximum absolute atomic E-state index is 3.56. The van der Waals surface area contributed by atoms with Gasteiger partial charge in [0.15, 0.2) is 0 Å². The maximum Gasteiger partial charge on any atom is 0.0373 e. The predicted octanol–water partition coefficient (Wildman–Crippen LogP) is 3.88. The zero-order valence-electron chi connectivity index (χ0n) is 10.1. The minimum absolute atomic E-state index is 0.739. The van der Waals surface area contributed by atoms with Gasteiger partial charge in [0.1, 0.15) is 0 Å². The summed E-state index contributed by atoms with van der Waals surface area (Å²) in [5.74, 6) is 0.739. The fraction of sp³-hybridized carbons (Fsp3) is 0.333. The van der Waals surface area contributed by atoms with E-state index < -0.39 is 0 Å². The number of aryl methyl sites for hydroxylation is 1. The van der Waals surface area contributed by atoms with Crippen LogP contribution in [0.5, 0.6) is 0 Å². The van der Waals surface area contributed by atoms with Crippen LogP contribution in [0.4, 0.5) is 5.69 Å². The van der Waals surface area contributed by atoms with Gasteiger partial charge in [0.2, 0.25) is 0 Å². The second-order valence-corrected chi connectivity index (χ2v) is 5.93. The zero-order valence-corrected chi connectivity index (χ0v) is 10.9. The standard InChI is InChI=1S/C15H17NS/c1-11-4-5-15-13(7-11)8-12(10-16-15)9-14-3-2-6-17-14/h2-7,12,16H,8-10H2,1H3. The topological polar surface area (TPSA) is 12.0 Å². The lowest BCUT2D eigenvalue weighted by Crippen LogP contribution is -2.24. The fourth-order valence-corrected chi connectivity index (χ4v) is 3.38. The first-order valence-corrected chi connectivity index (χ1v) is 7.05. The Kier molecular flexibility index (Phi) is 2.89. The average molecular weight is 243 g/mol. The molecule has 17 heavy (non-hydrogen) atoms. The number of benzene rings is 1. The van der Waals surface area contributed by atoms with Crippen molar-refractivity contribution in [2.45, 2.75) is 19.8 Å². The van der Waals surface area contributed by atoms with Gasteiger partial charge < -0.3 is 5.32 Å². The van der Waals surface area contributed by atoms with Crippen LogP contribution in [0.25, 0.3) is 0 Å². The summed E-state index contributed by atoms with van der Waals surface area (Å²) < 4.78 is 0. The molecule has 1 aliphatic heterocycles.